The monoisotopic (exact) mass is 284 g/mol. The van der Waals surface area contributed by atoms with E-state index in [1.807, 2.05) is 0 Å². The SMILES string of the molecule is O=C(O)C1CCN(C(=O)CNC2(CO)CCCC2)CC1. The first-order valence-corrected chi connectivity index (χ1v) is 7.43. The Morgan fingerprint density at radius 2 is 1.80 bits per heavy atom. The van der Waals surface area contributed by atoms with Crippen LogP contribution < -0.4 is 5.32 Å². The molecule has 0 bridgehead atoms. The maximum absolute atomic E-state index is 12.1. The minimum Gasteiger partial charge on any atom is -0.481 e. The summed E-state index contributed by atoms with van der Waals surface area (Å²) in [6.45, 7) is 1.34. The third-order valence-corrected chi connectivity index (χ3v) is 4.67. The number of hydrogen-bond acceptors (Lipinski definition) is 4. The van der Waals surface area contributed by atoms with Gasteiger partial charge in [-0.05, 0) is 25.7 Å². The van der Waals surface area contributed by atoms with Crippen LogP contribution in [0.5, 0.6) is 0 Å². The molecule has 1 saturated heterocycles. The highest BCUT2D eigenvalue weighted by Crippen LogP contribution is 2.29. The van der Waals surface area contributed by atoms with E-state index in [9.17, 15) is 14.7 Å². The molecule has 2 rings (SSSR count). The van der Waals surface area contributed by atoms with E-state index >= 15 is 0 Å². The van der Waals surface area contributed by atoms with Gasteiger partial charge < -0.3 is 20.4 Å². The number of carboxylic acids is 1. The maximum atomic E-state index is 12.1. The Labute approximate surface area is 119 Å². The van der Waals surface area contributed by atoms with Crippen LogP contribution in [0.2, 0.25) is 0 Å². The van der Waals surface area contributed by atoms with Crippen molar-refractivity contribution in [3.8, 4) is 0 Å². The molecule has 0 spiro atoms. The van der Waals surface area contributed by atoms with E-state index in [2.05, 4.69) is 5.32 Å². The summed E-state index contributed by atoms with van der Waals surface area (Å²) in [5.41, 5.74) is -0.283. The van der Waals surface area contributed by atoms with Crippen LogP contribution in [0.3, 0.4) is 0 Å². The standard InChI is InChI=1S/C14H24N2O4/c17-10-14(5-1-2-6-14)15-9-12(18)16-7-3-11(4-8-16)13(19)20/h11,15,17H,1-10H2,(H,19,20). The fraction of sp³-hybridized carbons (Fsp3) is 0.857. The number of aliphatic hydroxyl groups is 1. The Morgan fingerprint density at radius 3 is 2.30 bits per heavy atom. The minimum atomic E-state index is -0.764. The minimum absolute atomic E-state index is 0.00793. The van der Waals surface area contributed by atoms with Gasteiger partial charge in [0.25, 0.3) is 0 Å². The van der Waals surface area contributed by atoms with Gasteiger partial charge in [0, 0.05) is 18.6 Å². The van der Waals surface area contributed by atoms with Crippen molar-refractivity contribution in [1.82, 2.24) is 10.2 Å². The number of carbonyl (C=O) groups is 2. The molecule has 6 nitrogen and oxygen atoms in total. The second-order valence-corrected chi connectivity index (χ2v) is 5.99. The largest absolute Gasteiger partial charge is 0.481 e. The molecule has 3 N–H and O–H groups in total. The van der Waals surface area contributed by atoms with Crippen LogP contribution in [0.25, 0.3) is 0 Å². The molecule has 0 unspecified atom stereocenters. The van der Waals surface area contributed by atoms with Gasteiger partial charge in [-0.15, -0.1) is 0 Å². The molecular formula is C14H24N2O4. The number of amides is 1. The van der Waals surface area contributed by atoms with E-state index in [-0.39, 0.29) is 30.5 Å². The van der Waals surface area contributed by atoms with E-state index < -0.39 is 5.97 Å². The van der Waals surface area contributed by atoms with Gasteiger partial charge in [-0.3, -0.25) is 9.59 Å². The van der Waals surface area contributed by atoms with Gasteiger partial charge in [0.2, 0.25) is 5.91 Å². The van der Waals surface area contributed by atoms with Crippen LogP contribution in [-0.4, -0.2) is 58.8 Å². The molecule has 1 heterocycles. The smallest absolute Gasteiger partial charge is 0.306 e. The van der Waals surface area contributed by atoms with Gasteiger partial charge in [-0.25, -0.2) is 0 Å². The van der Waals surface area contributed by atoms with Crippen molar-refractivity contribution in [3.05, 3.63) is 0 Å². The van der Waals surface area contributed by atoms with Crippen molar-refractivity contribution >= 4 is 11.9 Å². The van der Waals surface area contributed by atoms with Crippen LogP contribution in [0.15, 0.2) is 0 Å². The number of nitrogens with zero attached hydrogens (tertiary/aromatic N) is 1. The van der Waals surface area contributed by atoms with Gasteiger partial charge in [0.05, 0.1) is 19.1 Å². The molecule has 0 aromatic heterocycles. The van der Waals surface area contributed by atoms with Gasteiger partial charge in [0.15, 0.2) is 0 Å². The molecule has 2 aliphatic rings. The van der Waals surface area contributed by atoms with Crippen LogP contribution in [0.4, 0.5) is 0 Å². The lowest BCUT2D eigenvalue weighted by molar-refractivity contribution is -0.145. The normalized spacial score (nSPS) is 22.9. The highest BCUT2D eigenvalue weighted by molar-refractivity contribution is 5.79. The predicted octanol–water partition coefficient (Wildman–Crippen LogP) is 0.204. The van der Waals surface area contributed by atoms with Crippen molar-refractivity contribution < 1.29 is 19.8 Å². The Balaban J connectivity index is 1.77. The number of likely N-dealkylation sites (tertiary alicyclic amines) is 1. The van der Waals surface area contributed by atoms with Gasteiger partial charge in [-0.1, -0.05) is 12.8 Å². The molecule has 0 aromatic carbocycles. The van der Waals surface area contributed by atoms with Crippen molar-refractivity contribution in [2.24, 2.45) is 5.92 Å². The van der Waals surface area contributed by atoms with E-state index in [0.29, 0.717) is 25.9 Å². The van der Waals surface area contributed by atoms with Crippen molar-refractivity contribution in [1.29, 1.82) is 0 Å². The summed E-state index contributed by atoms with van der Waals surface area (Å²) in [6, 6.07) is 0. The van der Waals surface area contributed by atoms with Crippen molar-refractivity contribution in [2.75, 3.05) is 26.2 Å². The molecular weight excluding hydrogens is 260 g/mol. The molecule has 1 saturated carbocycles. The third kappa shape index (κ3) is 3.49. The number of rotatable bonds is 5. The predicted molar refractivity (Wildman–Crippen MR) is 73.2 cm³/mol. The van der Waals surface area contributed by atoms with Crippen LogP contribution >= 0.6 is 0 Å². The van der Waals surface area contributed by atoms with Crippen molar-refractivity contribution in [3.63, 3.8) is 0 Å². The summed E-state index contributed by atoms with van der Waals surface area (Å²) >= 11 is 0. The highest BCUT2D eigenvalue weighted by Gasteiger charge is 2.34. The molecule has 1 aliphatic carbocycles. The summed E-state index contributed by atoms with van der Waals surface area (Å²) in [7, 11) is 0. The zero-order chi connectivity index (χ0) is 14.6. The number of nitrogens with one attached hydrogen (secondary N) is 1. The lowest BCUT2D eigenvalue weighted by Crippen LogP contribution is -2.52. The summed E-state index contributed by atoms with van der Waals surface area (Å²) in [6.07, 6.45) is 5.08. The molecule has 0 radical (unpaired) electrons. The number of piperidine rings is 1. The number of carbonyl (C=O) groups excluding carboxylic acids is 1. The summed E-state index contributed by atoms with van der Waals surface area (Å²) in [4.78, 5) is 24.7. The lowest BCUT2D eigenvalue weighted by atomic mass is 9.96. The Bertz CT molecular complexity index is 358. The van der Waals surface area contributed by atoms with E-state index in [4.69, 9.17) is 5.11 Å². The van der Waals surface area contributed by atoms with Crippen molar-refractivity contribution in [2.45, 2.75) is 44.1 Å². The molecule has 1 aliphatic heterocycles. The maximum Gasteiger partial charge on any atom is 0.306 e. The molecule has 0 aromatic rings. The second-order valence-electron chi connectivity index (χ2n) is 5.99. The van der Waals surface area contributed by atoms with E-state index in [1.54, 1.807) is 4.90 Å². The average Bonchev–Trinajstić information content (AvgIpc) is 2.94. The third-order valence-electron chi connectivity index (χ3n) is 4.67. The highest BCUT2D eigenvalue weighted by atomic mass is 16.4. The topological polar surface area (TPSA) is 89.9 Å². The number of carboxylic acid groups (broad SMARTS) is 1. The summed E-state index contributed by atoms with van der Waals surface area (Å²) in [5.74, 6) is -1.07. The first-order valence-electron chi connectivity index (χ1n) is 7.43. The van der Waals surface area contributed by atoms with Gasteiger partial charge in [0.1, 0.15) is 0 Å². The first kappa shape index (κ1) is 15.3. The number of hydrogen-bond donors (Lipinski definition) is 3. The van der Waals surface area contributed by atoms with Gasteiger partial charge in [-0.2, -0.15) is 0 Å². The van der Waals surface area contributed by atoms with Crippen LogP contribution in [0, 0.1) is 5.92 Å². The molecule has 1 amide bonds. The second kappa shape index (κ2) is 6.54. The molecule has 114 valence electrons. The fourth-order valence-electron chi connectivity index (χ4n) is 3.19. The summed E-state index contributed by atoms with van der Waals surface area (Å²) in [5, 5.41) is 21.6. The van der Waals surface area contributed by atoms with Crippen LogP contribution in [0.1, 0.15) is 38.5 Å². The average molecular weight is 284 g/mol. The zero-order valence-electron chi connectivity index (χ0n) is 11.8. The molecule has 0 atom stereocenters. The molecule has 20 heavy (non-hydrogen) atoms. The van der Waals surface area contributed by atoms with Crippen LogP contribution in [-0.2, 0) is 9.59 Å². The Morgan fingerprint density at radius 1 is 1.20 bits per heavy atom. The van der Waals surface area contributed by atoms with Gasteiger partial charge >= 0.3 is 5.97 Å². The van der Waals surface area contributed by atoms with E-state index in [0.717, 1.165) is 25.7 Å². The Hall–Kier alpha value is -1.14. The van der Waals surface area contributed by atoms with E-state index in [1.165, 1.54) is 0 Å². The molecule has 6 heteroatoms. The first-order chi connectivity index (χ1) is 9.56. The Kier molecular flexibility index (Phi) is 4.99. The zero-order valence-corrected chi connectivity index (χ0v) is 11.8. The number of aliphatic carboxylic acids is 1. The number of aliphatic hydroxyl groups excluding tert-OH is 1. The fourth-order valence-corrected chi connectivity index (χ4v) is 3.19. The molecule has 2 fully saturated rings. The summed E-state index contributed by atoms with van der Waals surface area (Å²) < 4.78 is 0. The quantitative estimate of drug-likeness (QED) is 0.671. The lowest BCUT2D eigenvalue weighted by Gasteiger charge is -2.33.